The molecule has 0 aliphatic rings. The molecule has 1 heterocycles. The first-order chi connectivity index (χ1) is 8.65. The van der Waals surface area contributed by atoms with Crippen LogP contribution in [0.3, 0.4) is 0 Å². The fourth-order valence-corrected chi connectivity index (χ4v) is 2.06. The van der Waals surface area contributed by atoms with Crippen LogP contribution in [0.25, 0.3) is 0 Å². The molecule has 4 nitrogen and oxygen atoms in total. The summed E-state index contributed by atoms with van der Waals surface area (Å²) in [5.74, 6) is 0.306. The SMILES string of the molecule is CC(Cn1cccn1)N[C@H](C)c1cccc(O)c1. The number of benzene rings is 1. The van der Waals surface area contributed by atoms with Gasteiger partial charge in [0.15, 0.2) is 0 Å². The standard InChI is InChI=1S/C14H19N3O/c1-11(10-17-8-4-7-15-17)16-12(2)13-5-3-6-14(18)9-13/h3-9,11-12,16,18H,10H2,1-2H3/t11?,12-/m1/s1. The van der Waals surface area contributed by atoms with Crippen LogP contribution in [0.5, 0.6) is 5.75 Å². The Balaban J connectivity index is 1.92. The topological polar surface area (TPSA) is 50.1 Å². The van der Waals surface area contributed by atoms with Crippen molar-refractivity contribution in [2.24, 2.45) is 0 Å². The van der Waals surface area contributed by atoms with E-state index >= 15 is 0 Å². The summed E-state index contributed by atoms with van der Waals surface area (Å²) in [6.07, 6.45) is 3.74. The van der Waals surface area contributed by atoms with Gasteiger partial charge in [0.1, 0.15) is 5.75 Å². The second-order valence-electron chi connectivity index (χ2n) is 4.61. The fourth-order valence-electron chi connectivity index (χ4n) is 2.06. The van der Waals surface area contributed by atoms with E-state index in [2.05, 4.69) is 24.3 Å². The van der Waals surface area contributed by atoms with E-state index < -0.39 is 0 Å². The average molecular weight is 245 g/mol. The average Bonchev–Trinajstić information content (AvgIpc) is 2.81. The lowest BCUT2D eigenvalue weighted by Crippen LogP contribution is -2.32. The van der Waals surface area contributed by atoms with Crippen molar-refractivity contribution in [1.82, 2.24) is 15.1 Å². The number of rotatable bonds is 5. The van der Waals surface area contributed by atoms with E-state index in [9.17, 15) is 5.11 Å². The number of phenolic OH excluding ortho intramolecular Hbond substituents is 1. The summed E-state index contributed by atoms with van der Waals surface area (Å²) in [7, 11) is 0. The molecule has 0 bridgehead atoms. The van der Waals surface area contributed by atoms with E-state index in [1.165, 1.54) is 0 Å². The van der Waals surface area contributed by atoms with Crippen LogP contribution in [-0.4, -0.2) is 20.9 Å². The lowest BCUT2D eigenvalue weighted by atomic mass is 10.1. The molecule has 0 fully saturated rings. The number of hydrogen-bond donors (Lipinski definition) is 2. The van der Waals surface area contributed by atoms with Gasteiger partial charge in [-0.3, -0.25) is 4.68 Å². The van der Waals surface area contributed by atoms with Gasteiger partial charge >= 0.3 is 0 Å². The molecule has 4 heteroatoms. The molecule has 2 rings (SSSR count). The Morgan fingerprint density at radius 2 is 2.17 bits per heavy atom. The van der Waals surface area contributed by atoms with Crippen molar-refractivity contribution < 1.29 is 5.11 Å². The Kier molecular flexibility index (Phi) is 3.99. The third-order valence-corrected chi connectivity index (χ3v) is 2.92. The Morgan fingerprint density at radius 1 is 1.33 bits per heavy atom. The second-order valence-corrected chi connectivity index (χ2v) is 4.61. The molecule has 0 amide bonds. The van der Waals surface area contributed by atoms with Crippen molar-refractivity contribution in [2.45, 2.75) is 32.5 Å². The predicted molar refractivity (Wildman–Crippen MR) is 71.3 cm³/mol. The van der Waals surface area contributed by atoms with Crippen molar-refractivity contribution in [3.8, 4) is 5.75 Å². The molecule has 0 aliphatic carbocycles. The molecule has 1 aromatic carbocycles. The summed E-state index contributed by atoms with van der Waals surface area (Å²) >= 11 is 0. The zero-order chi connectivity index (χ0) is 13.0. The zero-order valence-corrected chi connectivity index (χ0v) is 10.7. The van der Waals surface area contributed by atoms with Gasteiger partial charge in [-0.05, 0) is 37.6 Å². The molecule has 0 saturated heterocycles. The number of phenols is 1. The van der Waals surface area contributed by atoms with Crippen molar-refractivity contribution >= 4 is 0 Å². The summed E-state index contributed by atoms with van der Waals surface area (Å²) in [6.45, 7) is 5.05. The Bertz CT molecular complexity index is 482. The Morgan fingerprint density at radius 3 is 2.83 bits per heavy atom. The largest absolute Gasteiger partial charge is 0.508 e. The summed E-state index contributed by atoms with van der Waals surface area (Å²) in [5.41, 5.74) is 1.09. The van der Waals surface area contributed by atoms with Gasteiger partial charge in [-0.2, -0.15) is 5.10 Å². The third kappa shape index (κ3) is 3.34. The van der Waals surface area contributed by atoms with Gasteiger partial charge in [0, 0.05) is 24.5 Å². The van der Waals surface area contributed by atoms with Crippen LogP contribution < -0.4 is 5.32 Å². The van der Waals surface area contributed by atoms with E-state index in [0.29, 0.717) is 11.8 Å². The van der Waals surface area contributed by atoms with Gasteiger partial charge in [0.2, 0.25) is 0 Å². The smallest absolute Gasteiger partial charge is 0.115 e. The highest BCUT2D eigenvalue weighted by molar-refractivity contribution is 5.29. The fraction of sp³-hybridized carbons (Fsp3) is 0.357. The molecule has 0 aliphatic heterocycles. The number of hydrogen-bond acceptors (Lipinski definition) is 3. The molecule has 2 atom stereocenters. The summed E-state index contributed by atoms with van der Waals surface area (Å²) in [5, 5.41) is 17.1. The van der Waals surface area contributed by atoms with Crippen molar-refractivity contribution in [3.05, 3.63) is 48.3 Å². The van der Waals surface area contributed by atoms with Gasteiger partial charge < -0.3 is 10.4 Å². The summed E-state index contributed by atoms with van der Waals surface area (Å²) < 4.78 is 1.91. The van der Waals surface area contributed by atoms with Gasteiger partial charge in [0.25, 0.3) is 0 Å². The normalized spacial score (nSPS) is 14.3. The summed E-state index contributed by atoms with van der Waals surface area (Å²) in [6, 6.07) is 9.77. The van der Waals surface area contributed by atoms with Crippen LogP contribution >= 0.6 is 0 Å². The minimum absolute atomic E-state index is 0.197. The quantitative estimate of drug-likeness (QED) is 0.850. The monoisotopic (exact) mass is 245 g/mol. The molecule has 2 aromatic rings. The highest BCUT2D eigenvalue weighted by atomic mass is 16.3. The van der Waals surface area contributed by atoms with Gasteiger partial charge in [-0.25, -0.2) is 0 Å². The number of aromatic nitrogens is 2. The van der Waals surface area contributed by atoms with Crippen molar-refractivity contribution in [2.75, 3.05) is 0 Å². The maximum Gasteiger partial charge on any atom is 0.115 e. The van der Waals surface area contributed by atoms with E-state index in [-0.39, 0.29) is 6.04 Å². The summed E-state index contributed by atoms with van der Waals surface area (Å²) in [4.78, 5) is 0. The maximum atomic E-state index is 9.46. The molecule has 1 aromatic heterocycles. The molecule has 2 N–H and O–H groups in total. The Hall–Kier alpha value is -1.81. The highest BCUT2D eigenvalue weighted by Crippen LogP contribution is 2.18. The number of nitrogens with zero attached hydrogens (tertiary/aromatic N) is 2. The van der Waals surface area contributed by atoms with Crippen molar-refractivity contribution in [1.29, 1.82) is 0 Å². The van der Waals surface area contributed by atoms with Gasteiger partial charge in [0.05, 0.1) is 6.54 Å². The van der Waals surface area contributed by atoms with E-state index in [1.54, 1.807) is 18.3 Å². The minimum Gasteiger partial charge on any atom is -0.508 e. The first-order valence-electron chi connectivity index (χ1n) is 6.17. The molecule has 18 heavy (non-hydrogen) atoms. The van der Waals surface area contributed by atoms with Crippen LogP contribution in [0.1, 0.15) is 25.5 Å². The molecule has 0 spiro atoms. The first kappa shape index (κ1) is 12.6. The van der Waals surface area contributed by atoms with Crippen LogP contribution in [0, 0.1) is 0 Å². The van der Waals surface area contributed by atoms with E-state index in [1.807, 2.05) is 29.1 Å². The lowest BCUT2D eigenvalue weighted by molar-refractivity contribution is 0.411. The minimum atomic E-state index is 0.197. The second kappa shape index (κ2) is 5.69. The maximum absolute atomic E-state index is 9.46. The molecule has 96 valence electrons. The number of nitrogens with one attached hydrogen (secondary N) is 1. The van der Waals surface area contributed by atoms with Crippen molar-refractivity contribution in [3.63, 3.8) is 0 Å². The third-order valence-electron chi connectivity index (χ3n) is 2.92. The van der Waals surface area contributed by atoms with Gasteiger partial charge in [-0.15, -0.1) is 0 Å². The molecule has 1 unspecified atom stereocenters. The van der Waals surface area contributed by atoms with Crippen LogP contribution in [0.4, 0.5) is 0 Å². The molecule has 0 radical (unpaired) electrons. The van der Waals surface area contributed by atoms with E-state index in [0.717, 1.165) is 12.1 Å². The zero-order valence-electron chi connectivity index (χ0n) is 10.7. The molecular weight excluding hydrogens is 226 g/mol. The van der Waals surface area contributed by atoms with Gasteiger partial charge in [-0.1, -0.05) is 12.1 Å². The molecular formula is C14H19N3O. The first-order valence-corrected chi connectivity index (χ1v) is 6.17. The highest BCUT2D eigenvalue weighted by Gasteiger charge is 2.10. The Labute approximate surface area is 107 Å². The van der Waals surface area contributed by atoms with Crippen LogP contribution in [0.2, 0.25) is 0 Å². The number of aromatic hydroxyl groups is 1. The van der Waals surface area contributed by atoms with E-state index in [4.69, 9.17) is 0 Å². The van der Waals surface area contributed by atoms with Crippen LogP contribution in [-0.2, 0) is 6.54 Å². The predicted octanol–water partition coefficient (Wildman–Crippen LogP) is 2.33. The molecule has 0 saturated carbocycles. The van der Waals surface area contributed by atoms with Crippen LogP contribution in [0.15, 0.2) is 42.7 Å². The lowest BCUT2D eigenvalue weighted by Gasteiger charge is -2.20.